The molecular formula is C15H20N2O4. The summed E-state index contributed by atoms with van der Waals surface area (Å²) in [5.41, 5.74) is 0.763. The molecule has 0 spiro atoms. The number of hydrogen-bond donors (Lipinski definition) is 1. The molecule has 0 fully saturated rings. The van der Waals surface area contributed by atoms with Crippen molar-refractivity contribution in [3.8, 4) is 11.5 Å². The number of rotatable bonds is 6. The Labute approximate surface area is 123 Å². The van der Waals surface area contributed by atoms with Crippen LogP contribution in [-0.2, 0) is 6.61 Å². The molecule has 1 aromatic carbocycles. The van der Waals surface area contributed by atoms with E-state index in [-0.39, 0.29) is 12.5 Å². The summed E-state index contributed by atoms with van der Waals surface area (Å²) >= 11 is 0. The Morgan fingerprint density at radius 3 is 2.57 bits per heavy atom. The van der Waals surface area contributed by atoms with Gasteiger partial charge in [-0.25, -0.2) is 0 Å². The van der Waals surface area contributed by atoms with Gasteiger partial charge in [-0.05, 0) is 24.6 Å². The molecule has 0 radical (unpaired) electrons. The first-order valence-electron chi connectivity index (χ1n) is 6.82. The van der Waals surface area contributed by atoms with Crippen molar-refractivity contribution >= 4 is 0 Å². The largest absolute Gasteiger partial charge is 0.493 e. The third-order valence-electron chi connectivity index (χ3n) is 3.02. The highest BCUT2D eigenvalue weighted by Gasteiger charge is 2.12. The Morgan fingerprint density at radius 1 is 1.24 bits per heavy atom. The van der Waals surface area contributed by atoms with Gasteiger partial charge in [-0.2, -0.15) is 4.98 Å². The van der Waals surface area contributed by atoms with Gasteiger partial charge in [0, 0.05) is 5.92 Å². The Morgan fingerprint density at radius 2 is 2.00 bits per heavy atom. The summed E-state index contributed by atoms with van der Waals surface area (Å²) in [4.78, 5) is 4.24. The molecule has 114 valence electrons. The Bertz CT molecular complexity index is 593. The summed E-state index contributed by atoms with van der Waals surface area (Å²) in [5.74, 6) is 2.40. The molecule has 0 saturated carbocycles. The maximum atomic E-state index is 9.57. The summed E-state index contributed by atoms with van der Waals surface area (Å²) in [6.45, 7) is 5.85. The summed E-state index contributed by atoms with van der Waals surface area (Å²) in [6.07, 6.45) is -0.558. The second kappa shape index (κ2) is 6.58. The topological polar surface area (TPSA) is 77.6 Å². The van der Waals surface area contributed by atoms with E-state index in [1.165, 1.54) is 0 Å². The van der Waals surface area contributed by atoms with Gasteiger partial charge in [-0.3, -0.25) is 0 Å². The molecule has 1 N–H and O–H groups in total. The van der Waals surface area contributed by atoms with E-state index >= 15 is 0 Å². The Hall–Kier alpha value is -2.08. The molecule has 0 aliphatic carbocycles. The predicted molar refractivity (Wildman–Crippen MR) is 76.3 cm³/mol. The fourth-order valence-corrected chi connectivity index (χ4v) is 1.76. The number of aromatic nitrogens is 2. The highest BCUT2D eigenvalue weighted by atomic mass is 16.5. The zero-order valence-electron chi connectivity index (χ0n) is 12.7. The molecule has 0 aliphatic rings. The molecule has 6 nitrogen and oxygen atoms in total. The third kappa shape index (κ3) is 3.72. The van der Waals surface area contributed by atoms with Crippen LogP contribution in [0, 0.1) is 0 Å². The van der Waals surface area contributed by atoms with Crippen molar-refractivity contribution in [2.45, 2.75) is 39.4 Å². The standard InChI is InChI=1S/C15H20N2O4/c1-9(2)15-16-14(21-17-15)8-20-12-6-5-11(10(3)18)7-13(12)19-4/h5-7,9-10,18H,8H2,1-4H3. The average molecular weight is 292 g/mol. The third-order valence-corrected chi connectivity index (χ3v) is 3.02. The maximum absolute atomic E-state index is 9.57. The molecule has 2 aromatic rings. The number of aliphatic hydroxyl groups excluding tert-OH is 1. The number of methoxy groups -OCH3 is 1. The average Bonchev–Trinajstić information content (AvgIpc) is 2.93. The molecule has 0 amide bonds. The molecule has 0 aliphatic heterocycles. The predicted octanol–water partition coefficient (Wildman–Crippen LogP) is 2.83. The molecule has 21 heavy (non-hydrogen) atoms. The van der Waals surface area contributed by atoms with E-state index in [2.05, 4.69) is 10.1 Å². The van der Waals surface area contributed by atoms with Crippen molar-refractivity contribution in [3.05, 3.63) is 35.5 Å². The second-order valence-corrected chi connectivity index (χ2v) is 5.08. The number of nitrogens with zero attached hydrogens (tertiary/aromatic N) is 2. The monoisotopic (exact) mass is 292 g/mol. The van der Waals surface area contributed by atoms with Gasteiger partial charge in [0.2, 0.25) is 0 Å². The second-order valence-electron chi connectivity index (χ2n) is 5.08. The lowest BCUT2D eigenvalue weighted by Gasteiger charge is -2.12. The molecule has 1 heterocycles. The first-order chi connectivity index (χ1) is 10.0. The minimum Gasteiger partial charge on any atom is -0.493 e. The lowest BCUT2D eigenvalue weighted by molar-refractivity contribution is 0.198. The van der Waals surface area contributed by atoms with Gasteiger partial charge in [0.1, 0.15) is 0 Å². The van der Waals surface area contributed by atoms with Gasteiger partial charge >= 0.3 is 0 Å². The van der Waals surface area contributed by atoms with Crippen LogP contribution in [0.2, 0.25) is 0 Å². The molecule has 0 saturated heterocycles. The van der Waals surface area contributed by atoms with Crippen molar-refractivity contribution in [1.29, 1.82) is 0 Å². The summed E-state index contributed by atoms with van der Waals surface area (Å²) in [5, 5.41) is 13.4. The van der Waals surface area contributed by atoms with Crippen LogP contribution in [0.5, 0.6) is 11.5 Å². The van der Waals surface area contributed by atoms with Crippen molar-refractivity contribution in [3.63, 3.8) is 0 Å². The van der Waals surface area contributed by atoms with Crippen LogP contribution in [0.1, 0.15) is 50.1 Å². The number of aliphatic hydroxyl groups is 1. The van der Waals surface area contributed by atoms with Crippen LogP contribution in [0.25, 0.3) is 0 Å². The first-order valence-corrected chi connectivity index (χ1v) is 6.82. The van der Waals surface area contributed by atoms with E-state index in [1.807, 2.05) is 13.8 Å². The first kappa shape index (κ1) is 15.3. The van der Waals surface area contributed by atoms with Crippen LogP contribution in [0.4, 0.5) is 0 Å². The van der Waals surface area contributed by atoms with Crippen molar-refractivity contribution in [2.75, 3.05) is 7.11 Å². The van der Waals surface area contributed by atoms with Crippen LogP contribution in [0.3, 0.4) is 0 Å². The van der Waals surface area contributed by atoms with Gasteiger partial charge in [0.05, 0.1) is 13.2 Å². The van der Waals surface area contributed by atoms with Crippen molar-refractivity contribution in [2.24, 2.45) is 0 Å². The summed E-state index contributed by atoms with van der Waals surface area (Å²) in [6, 6.07) is 5.28. The van der Waals surface area contributed by atoms with E-state index < -0.39 is 6.10 Å². The fourth-order valence-electron chi connectivity index (χ4n) is 1.76. The molecule has 6 heteroatoms. The smallest absolute Gasteiger partial charge is 0.264 e. The molecule has 0 bridgehead atoms. The number of benzene rings is 1. The van der Waals surface area contributed by atoms with E-state index in [0.717, 1.165) is 5.56 Å². The summed E-state index contributed by atoms with van der Waals surface area (Å²) < 4.78 is 16.0. The van der Waals surface area contributed by atoms with Crippen LogP contribution < -0.4 is 9.47 Å². The van der Waals surface area contributed by atoms with Crippen LogP contribution in [0.15, 0.2) is 22.7 Å². The minimum atomic E-state index is -0.558. The van der Waals surface area contributed by atoms with Gasteiger partial charge < -0.3 is 19.1 Å². The van der Waals surface area contributed by atoms with E-state index in [4.69, 9.17) is 14.0 Å². The van der Waals surface area contributed by atoms with E-state index in [1.54, 1.807) is 32.2 Å². The van der Waals surface area contributed by atoms with Gasteiger partial charge in [-0.1, -0.05) is 25.1 Å². The Balaban J connectivity index is 2.08. The van der Waals surface area contributed by atoms with E-state index in [0.29, 0.717) is 23.2 Å². The quantitative estimate of drug-likeness (QED) is 0.882. The minimum absolute atomic E-state index is 0.171. The molecule has 2 rings (SSSR count). The zero-order chi connectivity index (χ0) is 15.4. The zero-order valence-corrected chi connectivity index (χ0v) is 12.7. The van der Waals surface area contributed by atoms with Crippen LogP contribution >= 0.6 is 0 Å². The van der Waals surface area contributed by atoms with Crippen LogP contribution in [-0.4, -0.2) is 22.4 Å². The lowest BCUT2D eigenvalue weighted by atomic mass is 10.1. The summed E-state index contributed by atoms with van der Waals surface area (Å²) in [7, 11) is 1.55. The number of hydrogen-bond acceptors (Lipinski definition) is 6. The van der Waals surface area contributed by atoms with Gasteiger partial charge in [0.25, 0.3) is 5.89 Å². The lowest BCUT2D eigenvalue weighted by Crippen LogP contribution is -2.00. The van der Waals surface area contributed by atoms with Crippen molar-refractivity contribution < 1.29 is 19.1 Å². The molecule has 1 aromatic heterocycles. The molecule has 1 atom stereocenters. The van der Waals surface area contributed by atoms with E-state index in [9.17, 15) is 5.11 Å². The normalized spacial score (nSPS) is 12.5. The Kier molecular flexibility index (Phi) is 4.80. The maximum Gasteiger partial charge on any atom is 0.264 e. The highest BCUT2D eigenvalue weighted by molar-refractivity contribution is 5.43. The highest BCUT2D eigenvalue weighted by Crippen LogP contribution is 2.30. The van der Waals surface area contributed by atoms with Gasteiger partial charge in [-0.15, -0.1) is 0 Å². The van der Waals surface area contributed by atoms with Gasteiger partial charge in [0.15, 0.2) is 23.9 Å². The van der Waals surface area contributed by atoms with Crippen molar-refractivity contribution in [1.82, 2.24) is 10.1 Å². The SMILES string of the molecule is COc1cc(C(C)O)ccc1OCc1nc(C(C)C)no1. The molecule has 1 unspecified atom stereocenters. The number of ether oxygens (including phenoxy) is 2. The fraction of sp³-hybridized carbons (Fsp3) is 0.467. The molecular weight excluding hydrogens is 272 g/mol.